The Bertz CT molecular complexity index is 275. The molecule has 0 atom stereocenters. The van der Waals surface area contributed by atoms with Crippen LogP contribution in [-0.4, -0.2) is 26.2 Å². The SMILES string of the molecule is COC1=NS(=O)(=O)C1(C)C. The fourth-order valence-corrected chi connectivity index (χ4v) is 1.65. The number of rotatable bonds is 0. The van der Waals surface area contributed by atoms with Crippen molar-refractivity contribution in [1.82, 2.24) is 0 Å². The minimum atomic E-state index is -3.26. The van der Waals surface area contributed by atoms with Gasteiger partial charge in [-0.1, -0.05) is 0 Å². The predicted octanol–water partition coefficient (Wildman–Crippen LogP) is 0.153. The van der Waals surface area contributed by atoms with E-state index < -0.39 is 14.8 Å². The largest absolute Gasteiger partial charge is 0.482 e. The molecule has 0 aliphatic carbocycles. The lowest BCUT2D eigenvalue weighted by molar-refractivity contribution is 0.369. The van der Waals surface area contributed by atoms with Gasteiger partial charge in [-0.3, -0.25) is 0 Å². The van der Waals surface area contributed by atoms with Crippen LogP contribution in [0.25, 0.3) is 0 Å². The average molecular weight is 163 g/mol. The second-order valence-corrected chi connectivity index (χ2v) is 4.74. The van der Waals surface area contributed by atoms with Gasteiger partial charge in [0, 0.05) is 0 Å². The number of hydrogen-bond donors (Lipinski definition) is 0. The van der Waals surface area contributed by atoms with Crippen molar-refractivity contribution < 1.29 is 13.2 Å². The van der Waals surface area contributed by atoms with Crippen LogP contribution in [0.3, 0.4) is 0 Å². The van der Waals surface area contributed by atoms with Gasteiger partial charge < -0.3 is 4.74 Å². The minimum Gasteiger partial charge on any atom is -0.482 e. The molecule has 4 nitrogen and oxygen atoms in total. The van der Waals surface area contributed by atoms with E-state index in [2.05, 4.69) is 4.40 Å². The lowest BCUT2D eigenvalue weighted by atomic mass is 10.2. The summed E-state index contributed by atoms with van der Waals surface area (Å²) < 4.78 is 28.8. The number of sulfonamides is 1. The van der Waals surface area contributed by atoms with Crippen LogP contribution in [0.2, 0.25) is 0 Å². The van der Waals surface area contributed by atoms with E-state index in [9.17, 15) is 8.42 Å². The van der Waals surface area contributed by atoms with Gasteiger partial charge in [0.15, 0.2) is 4.75 Å². The summed E-state index contributed by atoms with van der Waals surface area (Å²) in [4.78, 5) is 0. The van der Waals surface area contributed by atoms with Crippen molar-refractivity contribution in [2.24, 2.45) is 4.40 Å². The van der Waals surface area contributed by atoms with E-state index in [-0.39, 0.29) is 5.90 Å². The molecular weight excluding hydrogens is 154 g/mol. The lowest BCUT2D eigenvalue weighted by Crippen LogP contribution is -2.49. The Hall–Kier alpha value is -0.580. The van der Waals surface area contributed by atoms with E-state index in [1.54, 1.807) is 13.8 Å². The van der Waals surface area contributed by atoms with E-state index >= 15 is 0 Å². The first-order chi connectivity index (χ1) is 4.42. The van der Waals surface area contributed by atoms with Gasteiger partial charge in [0.05, 0.1) is 7.11 Å². The van der Waals surface area contributed by atoms with E-state index in [1.807, 2.05) is 0 Å². The summed E-state index contributed by atoms with van der Waals surface area (Å²) in [5.74, 6) is 0.285. The molecule has 10 heavy (non-hydrogen) atoms. The summed E-state index contributed by atoms with van der Waals surface area (Å²) in [7, 11) is -1.85. The molecule has 1 aliphatic heterocycles. The topological polar surface area (TPSA) is 55.7 Å². The van der Waals surface area contributed by atoms with Crippen molar-refractivity contribution in [1.29, 1.82) is 0 Å². The number of ether oxygens (including phenoxy) is 1. The van der Waals surface area contributed by atoms with Gasteiger partial charge in [-0.25, -0.2) is 8.42 Å². The van der Waals surface area contributed by atoms with E-state index in [4.69, 9.17) is 4.74 Å². The van der Waals surface area contributed by atoms with Gasteiger partial charge in [0.1, 0.15) is 0 Å². The molecule has 1 rings (SSSR count). The van der Waals surface area contributed by atoms with Crippen LogP contribution in [0.15, 0.2) is 4.40 Å². The van der Waals surface area contributed by atoms with Crippen molar-refractivity contribution in [2.75, 3.05) is 7.11 Å². The Morgan fingerprint density at radius 1 is 1.50 bits per heavy atom. The maximum atomic E-state index is 10.8. The van der Waals surface area contributed by atoms with E-state index in [0.717, 1.165) is 0 Å². The van der Waals surface area contributed by atoms with Gasteiger partial charge in [0.25, 0.3) is 10.0 Å². The van der Waals surface area contributed by atoms with Gasteiger partial charge in [-0.15, -0.1) is 4.40 Å². The molecule has 0 bridgehead atoms. The van der Waals surface area contributed by atoms with Crippen molar-refractivity contribution in [2.45, 2.75) is 18.6 Å². The number of nitrogens with zero attached hydrogens (tertiary/aromatic N) is 1. The molecule has 0 saturated heterocycles. The third kappa shape index (κ3) is 0.667. The molecule has 0 amide bonds. The summed E-state index contributed by atoms with van der Waals surface area (Å²) >= 11 is 0. The highest BCUT2D eigenvalue weighted by molar-refractivity contribution is 7.94. The van der Waals surface area contributed by atoms with Crippen LogP contribution >= 0.6 is 0 Å². The summed E-state index contributed by atoms with van der Waals surface area (Å²) in [5, 5.41) is 0. The molecule has 1 heterocycles. The van der Waals surface area contributed by atoms with Gasteiger partial charge in [-0.2, -0.15) is 0 Å². The molecule has 58 valence electrons. The molecular formula is C5H9NO3S. The molecule has 5 heteroatoms. The molecule has 0 aromatic carbocycles. The zero-order chi connectivity index (χ0) is 7.99. The van der Waals surface area contributed by atoms with Gasteiger partial charge >= 0.3 is 0 Å². The molecule has 1 aliphatic rings. The Balaban J connectivity index is 3.11. The lowest BCUT2D eigenvalue weighted by Gasteiger charge is -2.29. The van der Waals surface area contributed by atoms with Crippen LogP contribution in [-0.2, 0) is 14.8 Å². The highest BCUT2D eigenvalue weighted by atomic mass is 32.2. The summed E-state index contributed by atoms with van der Waals surface area (Å²) in [6, 6.07) is 0. The highest BCUT2D eigenvalue weighted by Crippen LogP contribution is 2.30. The van der Waals surface area contributed by atoms with Crippen molar-refractivity contribution in [3.8, 4) is 0 Å². The highest BCUT2D eigenvalue weighted by Gasteiger charge is 2.50. The standard InChI is InChI=1S/C5H9NO3S/c1-5(2)4(9-3)6-10(5,7)8/h1-3H3. The zero-order valence-electron chi connectivity index (χ0n) is 6.08. The van der Waals surface area contributed by atoms with Gasteiger partial charge in [-0.05, 0) is 13.8 Å². The van der Waals surface area contributed by atoms with Gasteiger partial charge in [0.2, 0.25) is 5.90 Å². The third-order valence-corrected chi connectivity index (χ3v) is 3.43. The molecule has 0 saturated carbocycles. The Kier molecular flexibility index (Phi) is 1.29. The van der Waals surface area contributed by atoms with Crippen molar-refractivity contribution in [3.63, 3.8) is 0 Å². The van der Waals surface area contributed by atoms with Crippen LogP contribution in [0.4, 0.5) is 0 Å². The van der Waals surface area contributed by atoms with E-state index in [0.29, 0.717) is 0 Å². The molecule has 0 aromatic heterocycles. The average Bonchev–Trinajstić information content (AvgIpc) is 1.83. The number of hydrogen-bond acceptors (Lipinski definition) is 3. The maximum Gasteiger partial charge on any atom is 0.270 e. The fourth-order valence-electron chi connectivity index (χ4n) is 0.688. The van der Waals surface area contributed by atoms with Crippen molar-refractivity contribution >= 4 is 15.9 Å². The second kappa shape index (κ2) is 1.72. The first-order valence-corrected chi connectivity index (χ1v) is 4.25. The van der Waals surface area contributed by atoms with Crippen LogP contribution < -0.4 is 0 Å². The first-order valence-electron chi connectivity index (χ1n) is 2.81. The first kappa shape index (κ1) is 7.53. The van der Waals surface area contributed by atoms with E-state index in [1.165, 1.54) is 7.11 Å². The third-order valence-electron chi connectivity index (χ3n) is 1.56. The molecule has 0 spiro atoms. The molecule has 0 radical (unpaired) electrons. The van der Waals surface area contributed by atoms with Crippen LogP contribution in [0.1, 0.15) is 13.8 Å². The Morgan fingerprint density at radius 2 is 2.00 bits per heavy atom. The fraction of sp³-hybridized carbons (Fsp3) is 0.800. The zero-order valence-corrected chi connectivity index (χ0v) is 6.90. The monoisotopic (exact) mass is 163 g/mol. The Morgan fingerprint density at radius 3 is 2.10 bits per heavy atom. The summed E-state index contributed by atoms with van der Waals surface area (Å²) in [5.41, 5.74) is 0. The van der Waals surface area contributed by atoms with Crippen LogP contribution in [0, 0.1) is 0 Å². The summed E-state index contributed by atoms with van der Waals surface area (Å²) in [6.45, 7) is 3.13. The smallest absolute Gasteiger partial charge is 0.270 e. The predicted molar refractivity (Wildman–Crippen MR) is 37.4 cm³/mol. The normalized spacial score (nSPS) is 26.5. The maximum absolute atomic E-state index is 10.8. The molecule has 0 aromatic rings. The molecule has 0 N–H and O–H groups in total. The quantitative estimate of drug-likeness (QED) is 0.511. The Labute approximate surface area is 60.0 Å². The van der Waals surface area contributed by atoms with Crippen LogP contribution in [0.5, 0.6) is 0 Å². The number of methoxy groups -OCH3 is 1. The summed E-state index contributed by atoms with van der Waals surface area (Å²) in [6.07, 6.45) is 0. The molecule has 0 unspecified atom stereocenters. The minimum absolute atomic E-state index is 0.285. The second-order valence-electron chi connectivity index (χ2n) is 2.59. The molecule has 0 fully saturated rings. The van der Waals surface area contributed by atoms with Crippen molar-refractivity contribution in [3.05, 3.63) is 0 Å².